The molecule has 522 valence electrons. The second-order valence-electron chi connectivity index (χ2n) is 26.1. The highest BCUT2D eigenvalue weighted by molar-refractivity contribution is 7.47. The predicted octanol–water partition coefficient (Wildman–Crippen LogP) is 24.3. The van der Waals surface area contributed by atoms with Crippen LogP contribution in [0.2, 0.25) is 0 Å². The summed E-state index contributed by atoms with van der Waals surface area (Å²) in [7, 11) is 1.48. The monoisotopic (exact) mass is 1290 g/mol. The third-order valence-corrected chi connectivity index (χ3v) is 17.1. The van der Waals surface area contributed by atoms with Crippen molar-refractivity contribution in [3.05, 3.63) is 134 Å². The summed E-state index contributed by atoms with van der Waals surface area (Å²) in [6, 6.07) is -0.865. The molecule has 91 heavy (non-hydrogen) atoms. The van der Waals surface area contributed by atoms with E-state index in [1.54, 1.807) is 0 Å². The minimum atomic E-state index is -4.47. The number of carbonyl (C=O) groups excluding carboxylic acids is 2. The van der Waals surface area contributed by atoms with Gasteiger partial charge in [0.25, 0.3) is 0 Å². The Kier molecular flexibility index (Phi) is 66.1. The van der Waals surface area contributed by atoms with Gasteiger partial charge in [-0.05, 0) is 128 Å². The fraction of sp³-hybridized carbons (Fsp3) is 0.704. The largest absolute Gasteiger partial charge is 0.472 e. The molecule has 0 aliphatic heterocycles. The van der Waals surface area contributed by atoms with Crippen LogP contribution in [0.25, 0.3) is 0 Å². The number of rotatable bonds is 67. The lowest BCUT2D eigenvalue weighted by molar-refractivity contribution is -0.870. The normalized spacial score (nSPS) is 14.2. The smallest absolute Gasteiger partial charge is 0.456 e. The van der Waals surface area contributed by atoms with Gasteiger partial charge in [-0.25, -0.2) is 4.57 Å². The number of phosphoric acid groups is 1. The van der Waals surface area contributed by atoms with Crippen molar-refractivity contribution in [2.24, 2.45) is 0 Å². The third kappa shape index (κ3) is 70.3. The van der Waals surface area contributed by atoms with E-state index < -0.39 is 20.0 Å². The number of ether oxygens (including phenoxy) is 1. The first-order valence-corrected chi connectivity index (χ1v) is 39.0. The second kappa shape index (κ2) is 69.0. The highest BCUT2D eigenvalue weighted by atomic mass is 31.2. The maximum atomic E-state index is 13.6. The van der Waals surface area contributed by atoms with E-state index in [0.29, 0.717) is 17.4 Å². The average Bonchev–Trinajstić information content (AvgIpc) is 3.08. The number of amides is 1. The molecule has 0 aromatic carbocycles. The molecule has 0 saturated carbocycles. The van der Waals surface area contributed by atoms with Crippen LogP contribution in [0.5, 0.6) is 0 Å². The Balaban J connectivity index is 5.00. The van der Waals surface area contributed by atoms with Gasteiger partial charge in [-0.15, -0.1) is 0 Å². The molecular weight excluding hydrogens is 1140 g/mol. The minimum absolute atomic E-state index is 0.0317. The molecule has 0 saturated heterocycles. The molecule has 0 heterocycles. The van der Waals surface area contributed by atoms with Gasteiger partial charge in [-0.3, -0.25) is 18.6 Å². The number of nitrogens with one attached hydrogen (secondary N) is 1. The first kappa shape index (κ1) is 87.2. The Morgan fingerprint density at radius 1 is 0.396 bits per heavy atom. The summed E-state index contributed by atoms with van der Waals surface area (Å²) in [5.74, 6) is -0.520. The molecule has 0 rings (SSSR count). The van der Waals surface area contributed by atoms with Gasteiger partial charge in [0, 0.05) is 12.8 Å². The zero-order chi connectivity index (χ0) is 66.3. The van der Waals surface area contributed by atoms with Crippen LogP contribution >= 0.6 is 7.82 Å². The molecule has 0 aliphatic rings. The molecular formula is C81H142N2O7P+. The van der Waals surface area contributed by atoms with Crippen molar-refractivity contribution in [2.75, 3.05) is 40.9 Å². The number of allylic oxidation sites excluding steroid dienone is 21. The molecule has 3 atom stereocenters. The Morgan fingerprint density at radius 3 is 1.08 bits per heavy atom. The van der Waals surface area contributed by atoms with Crippen molar-refractivity contribution >= 4 is 19.7 Å². The Hall–Kier alpha value is -3.85. The van der Waals surface area contributed by atoms with E-state index in [9.17, 15) is 19.0 Å². The standard InChI is InChI=1S/C81H141N2O7P/c1-7-10-13-16-19-22-25-27-29-31-33-35-37-39-41-43-45-47-49-51-53-55-58-61-64-67-70-73-80(84)82-78(77-89-91(86,87)88-76-75-83(4,5)6)79(72-69-66-63-60-57-24-21-18-15-12-9-3)90-81(85)74-71-68-65-62-59-56-54-52-50-48-46-44-42-40-38-36-34-32-30-28-26-23-20-17-14-11-8-2/h10,13,19-20,22-23,27-30,33-36,39-42,45,47,69,72,78-79H,7-9,11-12,14-18,21,24-26,31-32,37-38,43-44,46,48-68,70-71,73-77H2,1-6H3,(H-,82,84,86,87)/p+1/b13-10-,22-19-,23-20-,29-27-,30-28-,35-33-,36-34-,41-39-,42-40-,47-45-,72-69+. The zero-order valence-corrected chi connectivity index (χ0v) is 60.7. The van der Waals surface area contributed by atoms with Crippen molar-refractivity contribution in [2.45, 2.75) is 328 Å². The average molecular weight is 1290 g/mol. The van der Waals surface area contributed by atoms with E-state index in [4.69, 9.17) is 13.8 Å². The van der Waals surface area contributed by atoms with Crippen molar-refractivity contribution in [3.63, 3.8) is 0 Å². The van der Waals surface area contributed by atoms with Crippen LogP contribution < -0.4 is 5.32 Å². The molecule has 0 fully saturated rings. The van der Waals surface area contributed by atoms with Crippen LogP contribution in [0.4, 0.5) is 0 Å². The predicted molar refractivity (Wildman–Crippen MR) is 396 cm³/mol. The van der Waals surface area contributed by atoms with Crippen molar-refractivity contribution in [3.8, 4) is 0 Å². The number of quaternary nitrogens is 1. The van der Waals surface area contributed by atoms with Crippen molar-refractivity contribution in [1.29, 1.82) is 0 Å². The highest BCUT2D eigenvalue weighted by Crippen LogP contribution is 2.43. The summed E-state index contributed by atoms with van der Waals surface area (Å²) < 4.78 is 30.8. The van der Waals surface area contributed by atoms with Crippen LogP contribution in [-0.4, -0.2) is 74.3 Å². The number of phosphoric ester groups is 1. The molecule has 10 heteroatoms. The van der Waals surface area contributed by atoms with E-state index in [-0.39, 0.29) is 31.5 Å². The fourth-order valence-corrected chi connectivity index (χ4v) is 11.1. The number of likely N-dealkylation sites (N-methyl/N-ethyl adjacent to an activating group) is 1. The van der Waals surface area contributed by atoms with Gasteiger partial charge >= 0.3 is 13.8 Å². The quantitative estimate of drug-likeness (QED) is 0.0205. The minimum Gasteiger partial charge on any atom is -0.456 e. The van der Waals surface area contributed by atoms with Crippen LogP contribution in [0.1, 0.15) is 316 Å². The number of hydrogen-bond donors (Lipinski definition) is 2. The first-order valence-electron chi connectivity index (χ1n) is 37.5. The molecule has 0 aromatic rings. The molecule has 0 spiro atoms. The van der Waals surface area contributed by atoms with E-state index in [1.807, 2.05) is 33.3 Å². The van der Waals surface area contributed by atoms with E-state index in [2.05, 4.69) is 148 Å². The summed E-state index contributed by atoms with van der Waals surface area (Å²) >= 11 is 0. The van der Waals surface area contributed by atoms with Gasteiger partial charge in [0.1, 0.15) is 19.3 Å². The third-order valence-electron chi connectivity index (χ3n) is 16.1. The fourth-order valence-electron chi connectivity index (χ4n) is 10.3. The van der Waals surface area contributed by atoms with Crippen LogP contribution in [-0.2, 0) is 27.9 Å². The molecule has 3 unspecified atom stereocenters. The molecule has 9 nitrogen and oxygen atoms in total. The number of esters is 1. The number of nitrogens with zero attached hydrogens (tertiary/aromatic N) is 1. The lowest BCUT2D eigenvalue weighted by atomic mass is 10.0. The van der Waals surface area contributed by atoms with Gasteiger partial charge in [-0.2, -0.15) is 0 Å². The second-order valence-corrected chi connectivity index (χ2v) is 27.5. The van der Waals surface area contributed by atoms with Gasteiger partial charge in [0.05, 0.1) is 33.8 Å². The van der Waals surface area contributed by atoms with E-state index >= 15 is 0 Å². The SMILES string of the molecule is CC/C=C\C/C=C\C/C=C\C/C=C\C/C=C\C/C=C\CCCCCCCCCCC(=O)NC(COP(=O)(O)OCC[N+](C)(C)C)C(/C=C/CCCCCCCCCCC)OC(=O)CCCCCCCCCCCCC/C=C\C/C=C\C/C=C\C/C=C\CCCCC. The van der Waals surface area contributed by atoms with Crippen molar-refractivity contribution < 1.29 is 37.3 Å². The number of carbonyl (C=O) groups is 2. The summed E-state index contributed by atoms with van der Waals surface area (Å²) in [4.78, 5) is 38.0. The van der Waals surface area contributed by atoms with E-state index in [1.165, 1.54) is 154 Å². The summed E-state index contributed by atoms with van der Waals surface area (Å²) in [5, 5.41) is 3.07. The highest BCUT2D eigenvalue weighted by Gasteiger charge is 2.30. The van der Waals surface area contributed by atoms with Crippen LogP contribution in [0.15, 0.2) is 134 Å². The summed E-state index contributed by atoms with van der Waals surface area (Å²) in [5.41, 5.74) is 0. The van der Waals surface area contributed by atoms with Crippen LogP contribution in [0, 0.1) is 0 Å². The zero-order valence-electron chi connectivity index (χ0n) is 59.8. The molecule has 0 bridgehead atoms. The van der Waals surface area contributed by atoms with Crippen molar-refractivity contribution in [1.82, 2.24) is 5.32 Å². The topological polar surface area (TPSA) is 111 Å². The van der Waals surface area contributed by atoms with Gasteiger partial charge in [0.2, 0.25) is 5.91 Å². The maximum absolute atomic E-state index is 13.6. The first-order chi connectivity index (χ1) is 44.4. The Labute approximate surface area is 562 Å². The van der Waals surface area contributed by atoms with Crippen LogP contribution in [0.3, 0.4) is 0 Å². The van der Waals surface area contributed by atoms with Gasteiger partial charge < -0.3 is 19.4 Å². The van der Waals surface area contributed by atoms with E-state index in [0.717, 1.165) is 128 Å². The Bertz CT molecular complexity index is 2020. The number of unbranched alkanes of at least 4 members (excludes halogenated alkanes) is 31. The molecule has 0 aliphatic carbocycles. The lowest BCUT2D eigenvalue weighted by Gasteiger charge is -2.27. The molecule has 1 amide bonds. The summed E-state index contributed by atoms with van der Waals surface area (Å²) in [6.07, 6.45) is 99.0. The molecule has 0 radical (unpaired) electrons. The van der Waals surface area contributed by atoms with Gasteiger partial charge in [0.15, 0.2) is 0 Å². The molecule has 0 aromatic heterocycles. The summed E-state index contributed by atoms with van der Waals surface area (Å²) in [6.45, 7) is 6.87. The Morgan fingerprint density at radius 2 is 0.703 bits per heavy atom. The maximum Gasteiger partial charge on any atom is 0.472 e. The number of hydrogen-bond acceptors (Lipinski definition) is 6. The molecule has 2 N–H and O–H groups in total. The van der Waals surface area contributed by atoms with Gasteiger partial charge in [-0.1, -0.05) is 309 Å². The lowest BCUT2D eigenvalue weighted by Crippen LogP contribution is -2.47.